The van der Waals surface area contributed by atoms with Gasteiger partial charge in [-0.1, -0.05) is 0 Å². The van der Waals surface area contributed by atoms with Crippen molar-refractivity contribution < 1.29 is 13.2 Å². The standard InChI is InChI=1S/C19H22N4O3S/c1-11-5-7-23(11)19-21-15-4-2-3-14(15)17(22-19)13-9-12-6-8-26-18(12)16(10-13)27(20,24)25/h9-11H,2-8H2,1H3,(H2,20,24,25)/t11-/m0/s1. The van der Waals surface area contributed by atoms with E-state index in [4.69, 9.17) is 19.8 Å². The van der Waals surface area contributed by atoms with Crippen LogP contribution in [0.25, 0.3) is 11.3 Å². The van der Waals surface area contributed by atoms with Crippen LogP contribution in [0.2, 0.25) is 0 Å². The minimum atomic E-state index is -3.88. The molecule has 2 aliphatic heterocycles. The molecule has 1 aliphatic carbocycles. The van der Waals surface area contributed by atoms with Crippen molar-refractivity contribution in [2.45, 2.75) is 50.0 Å². The van der Waals surface area contributed by atoms with E-state index in [0.29, 0.717) is 24.8 Å². The highest BCUT2D eigenvalue weighted by Crippen LogP contribution is 2.39. The fraction of sp³-hybridized carbons (Fsp3) is 0.474. The van der Waals surface area contributed by atoms with Crippen LogP contribution in [-0.2, 0) is 29.3 Å². The number of sulfonamides is 1. The summed E-state index contributed by atoms with van der Waals surface area (Å²) in [6, 6.07) is 4.05. The molecule has 0 radical (unpaired) electrons. The zero-order valence-corrected chi connectivity index (χ0v) is 16.1. The molecule has 0 bridgehead atoms. The summed E-state index contributed by atoms with van der Waals surface area (Å²) < 4.78 is 29.8. The van der Waals surface area contributed by atoms with Crippen LogP contribution in [0.3, 0.4) is 0 Å². The number of primary sulfonamides is 1. The molecule has 5 rings (SSSR count). The van der Waals surface area contributed by atoms with Crippen molar-refractivity contribution >= 4 is 16.0 Å². The fourth-order valence-corrected chi connectivity index (χ4v) is 4.96. The Kier molecular flexibility index (Phi) is 3.70. The first-order chi connectivity index (χ1) is 12.9. The number of ether oxygens (including phenoxy) is 1. The van der Waals surface area contributed by atoms with E-state index in [-0.39, 0.29) is 4.90 Å². The quantitative estimate of drug-likeness (QED) is 0.864. The Morgan fingerprint density at radius 2 is 2.07 bits per heavy atom. The van der Waals surface area contributed by atoms with Gasteiger partial charge in [0.25, 0.3) is 0 Å². The Morgan fingerprint density at radius 1 is 1.22 bits per heavy atom. The average molecular weight is 386 g/mol. The third-order valence-corrected chi connectivity index (χ3v) is 6.74. The third-order valence-electron chi connectivity index (χ3n) is 5.83. The topological polar surface area (TPSA) is 98.4 Å². The van der Waals surface area contributed by atoms with Gasteiger partial charge in [0, 0.05) is 35.8 Å². The zero-order chi connectivity index (χ0) is 18.8. The van der Waals surface area contributed by atoms with Crippen molar-refractivity contribution in [2.75, 3.05) is 18.1 Å². The molecule has 1 atom stereocenters. The number of hydrogen-bond acceptors (Lipinski definition) is 6. The molecule has 1 fully saturated rings. The van der Waals surface area contributed by atoms with Crippen LogP contribution >= 0.6 is 0 Å². The Bertz CT molecular complexity index is 1050. The number of fused-ring (bicyclic) bond motifs is 2. The highest BCUT2D eigenvalue weighted by molar-refractivity contribution is 7.89. The van der Waals surface area contributed by atoms with Crippen LogP contribution in [0.1, 0.15) is 36.6 Å². The van der Waals surface area contributed by atoms with Gasteiger partial charge in [-0.3, -0.25) is 0 Å². The summed E-state index contributed by atoms with van der Waals surface area (Å²) in [4.78, 5) is 11.9. The zero-order valence-electron chi connectivity index (χ0n) is 15.2. The normalized spacial score (nSPS) is 20.8. The first-order valence-electron chi connectivity index (χ1n) is 9.41. The summed E-state index contributed by atoms with van der Waals surface area (Å²) in [7, 11) is -3.88. The predicted octanol–water partition coefficient (Wildman–Crippen LogP) is 1.81. The smallest absolute Gasteiger partial charge is 0.241 e. The number of aromatic nitrogens is 2. The van der Waals surface area contributed by atoms with E-state index in [2.05, 4.69) is 11.8 Å². The van der Waals surface area contributed by atoms with Gasteiger partial charge in [0.15, 0.2) is 0 Å². The van der Waals surface area contributed by atoms with Gasteiger partial charge in [-0.05, 0) is 50.3 Å². The summed E-state index contributed by atoms with van der Waals surface area (Å²) in [6.45, 7) is 3.60. The first kappa shape index (κ1) is 16.9. The number of anilines is 1. The largest absolute Gasteiger partial charge is 0.492 e. The van der Waals surface area contributed by atoms with Gasteiger partial charge in [-0.25, -0.2) is 23.5 Å². The summed E-state index contributed by atoms with van der Waals surface area (Å²) >= 11 is 0. The minimum absolute atomic E-state index is 0.0525. The maximum Gasteiger partial charge on any atom is 0.241 e. The van der Waals surface area contributed by atoms with E-state index in [1.54, 1.807) is 6.07 Å². The van der Waals surface area contributed by atoms with Crippen LogP contribution < -0.4 is 14.8 Å². The van der Waals surface area contributed by atoms with E-state index in [9.17, 15) is 8.42 Å². The lowest BCUT2D eigenvalue weighted by atomic mass is 10.0. The Balaban J connectivity index is 1.71. The average Bonchev–Trinajstić information content (AvgIpc) is 3.26. The maximum atomic E-state index is 12.1. The highest BCUT2D eigenvalue weighted by Gasteiger charge is 2.31. The molecule has 0 amide bonds. The van der Waals surface area contributed by atoms with E-state index < -0.39 is 10.0 Å². The number of benzene rings is 1. The summed E-state index contributed by atoms with van der Waals surface area (Å²) in [5, 5.41) is 5.47. The fourth-order valence-electron chi connectivity index (χ4n) is 4.22. The van der Waals surface area contributed by atoms with Crippen molar-refractivity contribution in [1.29, 1.82) is 0 Å². The summed E-state index contributed by atoms with van der Waals surface area (Å²) in [5.74, 6) is 1.14. The Morgan fingerprint density at radius 3 is 2.78 bits per heavy atom. The lowest BCUT2D eigenvalue weighted by Crippen LogP contribution is -2.46. The predicted molar refractivity (Wildman–Crippen MR) is 101 cm³/mol. The SMILES string of the molecule is C[C@H]1CCN1c1nc2c(c(-c3cc4c(c(S(N)(=O)=O)c3)OCC4)n1)CCC2. The molecule has 8 heteroatoms. The van der Waals surface area contributed by atoms with E-state index in [1.165, 1.54) is 0 Å². The second-order valence-electron chi connectivity index (χ2n) is 7.59. The number of nitrogens with zero attached hydrogens (tertiary/aromatic N) is 3. The van der Waals surface area contributed by atoms with Crippen molar-refractivity contribution in [3.63, 3.8) is 0 Å². The molecule has 0 spiro atoms. The van der Waals surface area contributed by atoms with Gasteiger partial charge in [0.2, 0.25) is 16.0 Å². The molecule has 0 unspecified atom stereocenters. The van der Waals surface area contributed by atoms with Crippen LogP contribution in [0, 0.1) is 0 Å². The Labute approximate surface area is 158 Å². The van der Waals surface area contributed by atoms with E-state index >= 15 is 0 Å². The second-order valence-corrected chi connectivity index (χ2v) is 9.12. The third kappa shape index (κ3) is 2.70. The number of nitrogens with two attached hydrogens (primary N) is 1. The molecule has 1 saturated heterocycles. The Hall–Kier alpha value is -2.19. The van der Waals surface area contributed by atoms with Gasteiger partial charge in [-0.2, -0.15) is 0 Å². The van der Waals surface area contributed by atoms with Crippen LogP contribution in [0.5, 0.6) is 5.75 Å². The van der Waals surface area contributed by atoms with Crippen molar-refractivity contribution in [3.8, 4) is 17.0 Å². The van der Waals surface area contributed by atoms with E-state index in [0.717, 1.165) is 66.3 Å². The molecule has 142 valence electrons. The molecule has 7 nitrogen and oxygen atoms in total. The van der Waals surface area contributed by atoms with Crippen molar-refractivity contribution in [1.82, 2.24) is 9.97 Å². The number of hydrogen-bond donors (Lipinski definition) is 1. The number of rotatable bonds is 3. The first-order valence-corrected chi connectivity index (χ1v) is 11.0. The second kappa shape index (κ2) is 5.90. The lowest BCUT2D eigenvalue weighted by Gasteiger charge is -2.39. The molecular weight excluding hydrogens is 364 g/mol. The van der Waals surface area contributed by atoms with Gasteiger partial charge in [0.1, 0.15) is 10.6 Å². The monoisotopic (exact) mass is 386 g/mol. The molecule has 27 heavy (non-hydrogen) atoms. The molecule has 1 aromatic carbocycles. The summed E-state index contributed by atoms with van der Waals surface area (Å²) in [6.07, 6.45) is 4.72. The van der Waals surface area contributed by atoms with Gasteiger partial charge in [-0.15, -0.1) is 0 Å². The molecule has 3 aliphatic rings. The molecule has 2 N–H and O–H groups in total. The van der Waals surface area contributed by atoms with Gasteiger partial charge in [0.05, 0.1) is 12.3 Å². The van der Waals surface area contributed by atoms with Crippen LogP contribution in [0.4, 0.5) is 5.95 Å². The lowest BCUT2D eigenvalue weighted by molar-refractivity contribution is 0.348. The van der Waals surface area contributed by atoms with Crippen molar-refractivity contribution in [3.05, 3.63) is 29.0 Å². The van der Waals surface area contributed by atoms with Gasteiger partial charge < -0.3 is 9.64 Å². The van der Waals surface area contributed by atoms with Crippen molar-refractivity contribution in [2.24, 2.45) is 5.14 Å². The number of aryl methyl sites for hydroxylation is 1. The maximum absolute atomic E-state index is 12.1. The van der Waals surface area contributed by atoms with Crippen LogP contribution in [-0.4, -0.2) is 37.6 Å². The van der Waals surface area contributed by atoms with E-state index in [1.807, 2.05) is 6.07 Å². The molecule has 2 aromatic rings. The molecule has 0 saturated carbocycles. The molecular formula is C19H22N4O3S. The van der Waals surface area contributed by atoms with Crippen LogP contribution in [0.15, 0.2) is 17.0 Å². The van der Waals surface area contributed by atoms with Gasteiger partial charge >= 0.3 is 0 Å². The minimum Gasteiger partial charge on any atom is -0.492 e. The summed E-state index contributed by atoms with van der Waals surface area (Å²) in [5.41, 5.74) is 4.72. The molecule has 3 heterocycles. The molecule has 1 aromatic heterocycles. The highest BCUT2D eigenvalue weighted by atomic mass is 32.2.